The van der Waals surface area contributed by atoms with Crippen molar-refractivity contribution in [2.45, 2.75) is 51.1 Å². The molecule has 2 amide bonds. The fourth-order valence-corrected chi connectivity index (χ4v) is 6.11. The van der Waals surface area contributed by atoms with Crippen molar-refractivity contribution in [1.29, 1.82) is 0 Å². The van der Waals surface area contributed by atoms with Gasteiger partial charge in [-0.1, -0.05) is 43.2 Å². The summed E-state index contributed by atoms with van der Waals surface area (Å²) in [5.41, 5.74) is 1.15. The van der Waals surface area contributed by atoms with E-state index in [2.05, 4.69) is 29.2 Å². The molecule has 1 aromatic carbocycles. The molecule has 3 heterocycles. The second-order valence-corrected chi connectivity index (χ2v) is 10.4. The van der Waals surface area contributed by atoms with Gasteiger partial charge in [-0.05, 0) is 37.2 Å². The van der Waals surface area contributed by atoms with Crippen LogP contribution < -0.4 is 4.74 Å². The lowest BCUT2D eigenvalue weighted by molar-refractivity contribution is -0.138. The third kappa shape index (κ3) is 6.07. The van der Waals surface area contributed by atoms with Gasteiger partial charge in [-0.15, -0.1) is 0 Å². The summed E-state index contributed by atoms with van der Waals surface area (Å²) in [4.78, 5) is 32.9. The summed E-state index contributed by atoms with van der Waals surface area (Å²) in [5.74, 6) is 1.73. The number of fused-ring (bicyclic) bond motifs is 3. The van der Waals surface area contributed by atoms with Gasteiger partial charge in [0.2, 0.25) is 11.8 Å². The number of nitrogens with zero attached hydrogens (tertiary/aromatic N) is 3. The molecule has 7 heteroatoms. The van der Waals surface area contributed by atoms with Gasteiger partial charge >= 0.3 is 0 Å². The van der Waals surface area contributed by atoms with Crippen molar-refractivity contribution < 1.29 is 19.1 Å². The molecule has 2 saturated heterocycles. The van der Waals surface area contributed by atoms with Gasteiger partial charge in [-0.2, -0.15) is 0 Å². The maximum Gasteiger partial charge on any atom is 0.236 e. The normalized spacial score (nSPS) is 27.8. The number of rotatable bonds is 3. The number of benzene rings is 1. The zero-order valence-corrected chi connectivity index (χ0v) is 20.8. The lowest BCUT2D eigenvalue weighted by Gasteiger charge is -2.39. The first-order chi connectivity index (χ1) is 17.2. The molecule has 0 N–H and O–H groups in total. The number of carbonyl (C=O) groups is 2. The first kappa shape index (κ1) is 24.3. The van der Waals surface area contributed by atoms with E-state index in [9.17, 15) is 9.59 Å². The van der Waals surface area contributed by atoms with Crippen LogP contribution in [0, 0.1) is 11.8 Å². The maximum absolute atomic E-state index is 13.5. The minimum atomic E-state index is 0.164. The summed E-state index contributed by atoms with van der Waals surface area (Å²) >= 11 is 0. The van der Waals surface area contributed by atoms with Crippen LogP contribution in [0.5, 0.6) is 5.75 Å². The average molecular weight is 482 g/mol. The van der Waals surface area contributed by atoms with Crippen LogP contribution in [0.4, 0.5) is 0 Å². The Labute approximate surface area is 209 Å². The molecular weight excluding hydrogens is 442 g/mol. The Hall–Kier alpha value is -2.38. The molecule has 1 aliphatic carbocycles. The summed E-state index contributed by atoms with van der Waals surface area (Å²) in [6, 6.07) is 8.67. The molecule has 1 saturated carbocycles. The Bertz CT molecular complexity index is 907. The number of para-hydroxylation sites is 1. The maximum atomic E-state index is 13.5. The molecule has 3 aliphatic heterocycles. The summed E-state index contributed by atoms with van der Waals surface area (Å²) in [6.45, 7) is 5.71. The minimum absolute atomic E-state index is 0.164. The van der Waals surface area contributed by atoms with Crippen molar-refractivity contribution >= 4 is 11.8 Å². The van der Waals surface area contributed by atoms with Crippen molar-refractivity contribution in [3.63, 3.8) is 0 Å². The number of morpholine rings is 1. The summed E-state index contributed by atoms with van der Waals surface area (Å²) < 4.78 is 11.6. The number of amides is 2. The molecule has 1 aromatic rings. The predicted molar refractivity (Wildman–Crippen MR) is 134 cm³/mol. The number of ether oxygens (including phenoxy) is 2. The quantitative estimate of drug-likeness (QED) is 0.621. The van der Waals surface area contributed by atoms with Crippen molar-refractivity contribution in [2.75, 3.05) is 52.5 Å². The lowest BCUT2D eigenvalue weighted by atomic mass is 9.82. The first-order valence-electron chi connectivity index (χ1n) is 13.4. The Morgan fingerprint density at radius 2 is 1.80 bits per heavy atom. The molecule has 0 radical (unpaired) electrons. The third-order valence-corrected chi connectivity index (χ3v) is 8.20. The lowest BCUT2D eigenvalue weighted by Crippen LogP contribution is -2.49. The Kier molecular flexibility index (Phi) is 8.04. The van der Waals surface area contributed by atoms with E-state index in [0.29, 0.717) is 58.5 Å². The fraction of sp³-hybridized carbons (Fsp3) is 0.643. The molecule has 7 nitrogen and oxygen atoms in total. The van der Waals surface area contributed by atoms with Gasteiger partial charge in [-0.25, -0.2) is 0 Å². The smallest absolute Gasteiger partial charge is 0.236 e. The molecule has 2 bridgehead atoms. The first-order valence-corrected chi connectivity index (χ1v) is 13.4. The topological polar surface area (TPSA) is 62.3 Å². The van der Waals surface area contributed by atoms with Crippen LogP contribution in [0.1, 0.15) is 44.1 Å². The fourth-order valence-electron chi connectivity index (χ4n) is 6.11. The van der Waals surface area contributed by atoms with Gasteiger partial charge in [-0.3, -0.25) is 14.5 Å². The highest BCUT2D eigenvalue weighted by atomic mass is 16.5. The highest BCUT2D eigenvalue weighted by molar-refractivity contribution is 5.79. The van der Waals surface area contributed by atoms with E-state index < -0.39 is 0 Å². The van der Waals surface area contributed by atoms with Gasteiger partial charge in [0.15, 0.2) is 0 Å². The van der Waals surface area contributed by atoms with Crippen LogP contribution in [-0.2, 0) is 20.9 Å². The standard InChI is InChI=1S/C28H39N3O4/c32-27(29-13-16-34-17-14-29)18-22-11-12-30-19-23(22)7-5-15-35-26-10-4-1-6-24(26)20-31(21-28(30)33)25-8-2-3-9-25/h1,4-7,10,22-23,25H,2-3,8-9,11-21H2/b7-5-/t22-,23-/m0/s1. The second-order valence-electron chi connectivity index (χ2n) is 10.4. The van der Waals surface area contributed by atoms with Crippen LogP contribution in [0.3, 0.4) is 0 Å². The minimum Gasteiger partial charge on any atom is -0.489 e. The van der Waals surface area contributed by atoms with Gasteiger partial charge in [0, 0.05) is 50.7 Å². The molecular formula is C28H39N3O4. The van der Waals surface area contributed by atoms with E-state index in [1.807, 2.05) is 21.9 Å². The summed E-state index contributed by atoms with van der Waals surface area (Å²) in [5, 5.41) is 0. The molecule has 3 fully saturated rings. The van der Waals surface area contributed by atoms with E-state index >= 15 is 0 Å². The van der Waals surface area contributed by atoms with Crippen LogP contribution in [0.25, 0.3) is 0 Å². The van der Waals surface area contributed by atoms with Crippen LogP contribution in [0.15, 0.2) is 36.4 Å². The second kappa shape index (κ2) is 11.6. The van der Waals surface area contributed by atoms with E-state index in [4.69, 9.17) is 9.47 Å². The highest BCUT2D eigenvalue weighted by Gasteiger charge is 2.34. The van der Waals surface area contributed by atoms with Crippen LogP contribution in [0.2, 0.25) is 0 Å². The van der Waals surface area contributed by atoms with E-state index in [1.165, 1.54) is 12.8 Å². The van der Waals surface area contributed by atoms with Gasteiger partial charge < -0.3 is 19.3 Å². The van der Waals surface area contributed by atoms with Crippen molar-refractivity contribution in [1.82, 2.24) is 14.7 Å². The zero-order chi connectivity index (χ0) is 24.0. The molecule has 190 valence electrons. The van der Waals surface area contributed by atoms with Gasteiger partial charge in [0.25, 0.3) is 0 Å². The van der Waals surface area contributed by atoms with E-state index in [1.54, 1.807) is 0 Å². The monoisotopic (exact) mass is 481 g/mol. The SMILES string of the molecule is O=C(C[C@@H]1CCN2C[C@@H]1/C=C\COc1ccccc1CN(C1CCCC1)CC2=O)N1CCOCC1. The largest absolute Gasteiger partial charge is 0.489 e. The summed E-state index contributed by atoms with van der Waals surface area (Å²) in [7, 11) is 0. The van der Waals surface area contributed by atoms with E-state index in [-0.39, 0.29) is 23.7 Å². The number of hydrogen-bond acceptors (Lipinski definition) is 5. The van der Waals surface area contributed by atoms with Crippen molar-refractivity contribution in [2.24, 2.45) is 11.8 Å². The molecule has 2 atom stereocenters. The van der Waals surface area contributed by atoms with Gasteiger partial charge in [0.05, 0.1) is 19.8 Å². The Balaban J connectivity index is 1.34. The molecule has 4 aliphatic rings. The number of carbonyl (C=O) groups excluding carboxylic acids is 2. The highest BCUT2D eigenvalue weighted by Crippen LogP contribution is 2.31. The van der Waals surface area contributed by atoms with Crippen LogP contribution >= 0.6 is 0 Å². The Morgan fingerprint density at radius 1 is 1.00 bits per heavy atom. The zero-order valence-electron chi connectivity index (χ0n) is 20.8. The Morgan fingerprint density at radius 3 is 2.63 bits per heavy atom. The average Bonchev–Trinajstić information content (AvgIpc) is 3.43. The van der Waals surface area contributed by atoms with Crippen molar-refractivity contribution in [3.8, 4) is 5.75 Å². The molecule has 0 unspecified atom stereocenters. The number of piperidine rings is 1. The van der Waals surface area contributed by atoms with E-state index in [0.717, 1.165) is 43.7 Å². The van der Waals surface area contributed by atoms with Crippen molar-refractivity contribution in [3.05, 3.63) is 42.0 Å². The molecule has 5 rings (SSSR count). The van der Waals surface area contributed by atoms with Gasteiger partial charge in [0.1, 0.15) is 12.4 Å². The molecule has 0 spiro atoms. The molecule has 35 heavy (non-hydrogen) atoms. The molecule has 0 aromatic heterocycles. The summed E-state index contributed by atoms with van der Waals surface area (Å²) in [6.07, 6.45) is 10.5. The number of hydrogen-bond donors (Lipinski definition) is 0. The third-order valence-electron chi connectivity index (χ3n) is 8.20. The van der Waals surface area contributed by atoms with Crippen LogP contribution in [-0.4, -0.2) is 85.1 Å². The predicted octanol–water partition coefficient (Wildman–Crippen LogP) is 3.09.